The minimum absolute atomic E-state index is 0.0128. The van der Waals surface area contributed by atoms with Gasteiger partial charge >= 0.3 is 5.97 Å². The normalized spacial score (nSPS) is 12.5. The van der Waals surface area contributed by atoms with Crippen molar-refractivity contribution in [3.63, 3.8) is 0 Å². The predicted octanol–water partition coefficient (Wildman–Crippen LogP) is 1.57. The number of benzene rings is 1. The molecule has 0 aliphatic rings. The summed E-state index contributed by atoms with van der Waals surface area (Å²) in [5, 5.41) is 9.38. The molecule has 0 fully saturated rings. The SMILES string of the molecule is CNC(=O)CCC(N=[N+]=[N-])C(=O)N[C@@H](Cc1c[nH]c2ccccc12)C(=O)OC. The number of azide groups is 1. The predicted molar refractivity (Wildman–Crippen MR) is 102 cm³/mol. The zero-order valence-corrected chi connectivity index (χ0v) is 15.6. The van der Waals surface area contributed by atoms with Crippen molar-refractivity contribution in [3.05, 3.63) is 46.5 Å². The molecule has 148 valence electrons. The first-order valence-corrected chi connectivity index (χ1v) is 8.68. The summed E-state index contributed by atoms with van der Waals surface area (Å²) in [4.78, 5) is 41.9. The van der Waals surface area contributed by atoms with Crippen molar-refractivity contribution in [2.24, 2.45) is 5.11 Å². The van der Waals surface area contributed by atoms with Gasteiger partial charge in [0.2, 0.25) is 11.8 Å². The van der Waals surface area contributed by atoms with Gasteiger partial charge in [-0.1, -0.05) is 23.3 Å². The van der Waals surface area contributed by atoms with Crippen LogP contribution in [0.25, 0.3) is 21.3 Å². The summed E-state index contributed by atoms with van der Waals surface area (Å²) in [6.07, 6.45) is 2.00. The van der Waals surface area contributed by atoms with Crippen LogP contribution in [0, 0.1) is 0 Å². The van der Waals surface area contributed by atoms with Crippen molar-refractivity contribution in [2.75, 3.05) is 14.2 Å². The fourth-order valence-electron chi connectivity index (χ4n) is 2.82. The molecular formula is C18H22N6O4. The molecule has 0 saturated heterocycles. The Morgan fingerprint density at radius 1 is 1.32 bits per heavy atom. The highest BCUT2D eigenvalue weighted by molar-refractivity contribution is 5.89. The Kier molecular flexibility index (Phi) is 7.41. The molecule has 10 heteroatoms. The lowest BCUT2D eigenvalue weighted by molar-refractivity contribution is -0.145. The number of nitrogens with zero attached hydrogens (tertiary/aromatic N) is 3. The molecule has 2 amide bonds. The van der Waals surface area contributed by atoms with E-state index in [9.17, 15) is 14.4 Å². The Labute approximate surface area is 161 Å². The molecule has 0 spiro atoms. The van der Waals surface area contributed by atoms with Crippen LogP contribution < -0.4 is 10.6 Å². The van der Waals surface area contributed by atoms with Gasteiger partial charge in [0, 0.05) is 41.9 Å². The minimum Gasteiger partial charge on any atom is -0.467 e. The van der Waals surface area contributed by atoms with Gasteiger partial charge in [0.1, 0.15) is 12.1 Å². The second-order valence-corrected chi connectivity index (χ2v) is 6.08. The lowest BCUT2D eigenvalue weighted by Gasteiger charge is -2.19. The fraction of sp³-hybridized carbons (Fsp3) is 0.389. The molecule has 2 rings (SSSR count). The smallest absolute Gasteiger partial charge is 0.328 e. The number of methoxy groups -OCH3 is 1. The second-order valence-electron chi connectivity index (χ2n) is 6.08. The highest BCUT2D eigenvalue weighted by atomic mass is 16.5. The number of aromatic nitrogens is 1. The zero-order chi connectivity index (χ0) is 20.5. The van der Waals surface area contributed by atoms with Crippen LogP contribution in [0.15, 0.2) is 35.6 Å². The van der Waals surface area contributed by atoms with Gasteiger partial charge in [-0.3, -0.25) is 9.59 Å². The molecular weight excluding hydrogens is 364 g/mol. The van der Waals surface area contributed by atoms with E-state index < -0.39 is 24.0 Å². The molecule has 10 nitrogen and oxygen atoms in total. The molecule has 1 heterocycles. The number of fused-ring (bicyclic) bond motifs is 1. The topological polar surface area (TPSA) is 149 Å². The first kappa shape index (κ1) is 20.8. The van der Waals surface area contributed by atoms with Gasteiger partial charge in [0.25, 0.3) is 0 Å². The van der Waals surface area contributed by atoms with E-state index in [1.54, 1.807) is 6.20 Å². The summed E-state index contributed by atoms with van der Waals surface area (Å²) in [6, 6.07) is 5.50. The third-order valence-electron chi connectivity index (χ3n) is 4.32. The Morgan fingerprint density at radius 3 is 2.75 bits per heavy atom. The number of aromatic amines is 1. The molecule has 1 aromatic heterocycles. The average molecular weight is 386 g/mol. The number of hydrogen-bond acceptors (Lipinski definition) is 5. The molecule has 0 bridgehead atoms. The third kappa shape index (κ3) is 5.24. The minimum atomic E-state index is -1.11. The van der Waals surface area contributed by atoms with Gasteiger partial charge in [-0.2, -0.15) is 0 Å². The van der Waals surface area contributed by atoms with Gasteiger partial charge < -0.3 is 20.4 Å². The van der Waals surface area contributed by atoms with Crippen LogP contribution in [-0.4, -0.2) is 49.0 Å². The number of H-pyrrole nitrogens is 1. The fourth-order valence-corrected chi connectivity index (χ4v) is 2.82. The van der Waals surface area contributed by atoms with Crippen molar-refractivity contribution < 1.29 is 19.1 Å². The number of carbonyl (C=O) groups excluding carboxylic acids is 3. The van der Waals surface area contributed by atoms with Gasteiger partial charge in [-0.15, -0.1) is 0 Å². The van der Waals surface area contributed by atoms with Crippen LogP contribution in [0.3, 0.4) is 0 Å². The third-order valence-corrected chi connectivity index (χ3v) is 4.32. The standard InChI is InChI=1S/C18H22N6O4/c1-20-16(25)8-7-14(23-24-19)17(26)22-15(18(27)28-2)9-11-10-21-13-6-4-3-5-12(11)13/h3-6,10,14-15,21H,7-9H2,1-2H3,(H,20,25)(H,22,26)/t14?,15-/m0/s1. The maximum Gasteiger partial charge on any atom is 0.328 e. The summed E-state index contributed by atoms with van der Waals surface area (Å²) >= 11 is 0. The van der Waals surface area contributed by atoms with E-state index >= 15 is 0 Å². The monoisotopic (exact) mass is 386 g/mol. The molecule has 1 unspecified atom stereocenters. The maximum atomic E-state index is 12.5. The lowest BCUT2D eigenvalue weighted by atomic mass is 10.0. The van der Waals surface area contributed by atoms with E-state index in [-0.39, 0.29) is 25.2 Å². The summed E-state index contributed by atoms with van der Waals surface area (Å²) in [5.41, 5.74) is 10.4. The zero-order valence-electron chi connectivity index (χ0n) is 15.6. The van der Waals surface area contributed by atoms with E-state index in [0.29, 0.717) is 0 Å². The first-order chi connectivity index (χ1) is 13.5. The number of rotatable bonds is 9. The van der Waals surface area contributed by atoms with E-state index in [1.807, 2.05) is 24.3 Å². The lowest BCUT2D eigenvalue weighted by Crippen LogP contribution is -2.46. The van der Waals surface area contributed by atoms with Crippen molar-refractivity contribution >= 4 is 28.7 Å². The Hall–Kier alpha value is -3.52. The van der Waals surface area contributed by atoms with Crippen LogP contribution in [0.2, 0.25) is 0 Å². The number of nitrogens with one attached hydrogen (secondary N) is 3. The van der Waals surface area contributed by atoms with E-state index in [4.69, 9.17) is 10.3 Å². The molecule has 1 aromatic carbocycles. The first-order valence-electron chi connectivity index (χ1n) is 8.68. The highest BCUT2D eigenvalue weighted by Crippen LogP contribution is 2.19. The van der Waals surface area contributed by atoms with Crippen molar-refractivity contribution in [1.82, 2.24) is 15.6 Å². The van der Waals surface area contributed by atoms with Crippen LogP contribution >= 0.6 is 0 Å². The van der Waals surface area contributed by atoms with Gasteiger partial charge in [-0.05, 0) is 23.6 Å². The summed E-state index contributed by atoms with van der Waals surface area (Å²) in [7, 11) is 2.70. The molecule has 0 saturated carbocycles. The molecule has 28 heavy (non-hydrogen) atoms. The number of para-hydroxylation sites is 1. The van der Waals surface area contributed by atoms with E-state index in [0.717, 1.165) is 16.5 Å². The quantitative estimate of drug-likeness (QED) is 0.259. The van der Waals surface area contributed by atoms with Gasteiger partial charge in [0.15, 0.2) is 0 Å². The maximum absolute atomic E-state index is 12.5. The van der Waals surface area contributed by atoms with Crippen molar-refractivity contribution in [1.29, 1.82) is 0 Å². The van der Waals surface area contributed by atoms with Crippen LogP contribution in [-0.2, 0) is 25.5 Å². The highest BCUT2D eigenvalue weighted by Gasteiger charge is 2.27. The van der Waals surface area contributed by atoms with Gasteiger partial charge in [0.05, 0.1) is 7.11 Å². The van der Waals surface area contributed by atoms with E-state index in [1.165, 1.54) is 14.2 Å². The van der Waals surface area contributed by atoms with Gasteiger partial charge in [-0.25, -0.2) is 4.79 Å². The Balaban J connectivity index is 2.15. The Morgan fingerprint density at radius 2 is 2.07 bits per heavy atom. The van der Waals surface area contributed by atoms with E-state index in [2.05, 4.69) is 25.6 Å². The molecule has 2 aromatic rings. The van der Waals surface area contributed by atoms with Crippen LogP contribution in [0.5, 0.6) is 0 Å². The number of ether oxygens (including phenoxy) is 1. The second kappa shape index (κ2) is 9.98. The largest absolute Gasteiger partial charge is 0.467 e. The molecule has 0 aliphatic carbocycles. The van der Waals surface area contributed by atoms with Crippen LogP contribution in [0.4, 0.5) is 0 Å². The summed E-state index contributed by atoms with van der Waals surface area (Å²) < 4.78 is 4.80. The Bertz CT molecular complexity index is 902. The molecule has 2 atom stereocenters. The molecule has 0 aliphatic heterocycles. The van der Waals surface area contributed by atoms with Crippen LogP contribution in [0.1, 0.15) is 18.4 Å². The number of hydrogen-bond donors (Lipinski definition) is 3. The number of carbonyl (C=O) groups is 3. The summed E-state index contributed by atoms with van der Waals surface area (Å²) in [6.45, 7) is 0. The number of amides is 2. The molecule has 3 N–H and O–H groups in total. The average Bonchev–Trinajstić information content (AvgIpc) is 3.12. The molecule has 0 radical (unpaired) electrons. The number of esters is 1. The summed E-state index contributed by atoms with van der Waals surface area (Å²) in [5.74, 6) is -1.55. The van der Waals surface area contributed by atoms with Crippen molar-refractivity contribution in [3.8, 4) is 0 Å². The van der Waals surface area contributed by atoms with Crippen molar-refractivity contribution in [2.45, 2.75) is 31.3 Å².